The molecular formula is C36H66O7Si. The van der Waals surface area contributed by atoms with Crippen LogP contribution in [0.5, 0.6) is 0 Å². The molecule has 256 valence electrons. The highest BCUT2D eigenvalue weighted by atomic mass is 28.4. The first-order valence-electron chi connectivity index (χ1n) is 16.7. The number of aliphatic hydroxyl groups excluding tert-OH is 1. The molecule has 1 rings (SSSR count). The second-order valence-corrected chi connectivity index (χ2v) is 19.6. The molecule has 0 aliphatic rings. The van der Waals surface area contributed by atoms with Crippen LogP contribution in [0.4, 0.5) is 0 Å². The Morgan fingerprint density at radius 2 is 1.34 bits per heavy atom. The van der Waals surface area contributed by atoms with Crippen molar-refractivity contribution in [1.29, 1.82) is 0 Å². The quantitative estimate of drug-likeness (QED) is 0.0779. The number of hydrogen-bond donors (Lipinski definition) is 1. The summed E-state index contributed by atoms with van der Waals surface area (Å²) >= 11 is 0. The van der Waals surface area contributed by atoms with E-state index in [4.69, 9.17) is 23.4 Å². The summed E-state index contributed by atoms with van der Waals surface area (Å²) in [6, 6.07) is 10.2. The Bertz CT molecular complexity index is 899. The molecule has 44 heavy (non-hydrogen) atoms. The monoisotopic (exact) mass is 638 g/mol. The van der Waals surface area contributed by atoms with E-state index in [1.165, 1.54) is 12.7 Å². The maximum Gasteiger partial charge on any atom is 0.313 e. The number of benzene rings is 1. The summed E-state index contributed by atoms with van der Waals surface area (Å²) in [5.41, 5.74) is 1.54. The fourth-order valence-electron chi connectivity index (χ4n) is 6.99. The molecule has 1 aromatic carbocycles. The molecule has 0 saturated carbocycles. The number of aliphatic hydroxyl groups is 1. The van der Waals surface area contributed by atoms with Crippen LogP contribution < -0.4 is 0 Å². The van der Waals surface area contributed by atoms with Crippen molar-refractivity contribution < 1.29 is 33.3 Å². The van der Waals surface area contributed by atoms with Crippen LogP contribution in [0.1, 0.15) is 100 Å². The van der Waals surface area contributed by atoms with Gasteiger partial charge in [0.25, 0.3) is 0 Å². The minimum atomic E-state index is -2.18. The molecule has 1 N–H and O–H groups in total. The molecule has 0 saturated heterocycles. The highest BCUT2D eigenvalue weighted by Crippen LogP contribution is 2.45. The van der Waals surface area contributed by atoms with Crippen LogP contribution in [0.25, 0.3) is 0 Å². The molecule has 0 aliphatic carbocycles. The number of hydrogen-bond acceptors (Lipinski definition) is 7. The normalized spacial score (nSPS) is 17.0. The summed E-state index contributed by atoms with van der Waals surface area (Å²) in [6.07, 6.45) is 1.75. The highest BCUT2D eigenvalue weighted by molar-refractivity contribution is 6.77. The molecule has 7 nitrogen and oxygen atoms in total. The summed E-state index contributed by atoms with van der Waals surface area (Å²) in [4.78, 5) is 12.3. The first-order valence-corrected chi connectivity index (χ1v) is 18.8. The second kappa shape index (κ2) is 19.4. The molecule has 0 amide bonds. The summed E-state index contributed by atoms with van der Waals surface area (Å²) < 4.78 is 30.4. The van der Waals surface area contributed by atoms with Gasteiger partial charge in [-0.25, -0.2) is 0 Å². The smallest absolute Gasteiger partial charge is 0.313 e. The zero-order valence-corrected chi connectivity index (χ0v) is 31.2. The van der Waals surface area contributed by atoms with Crippen LogP contribution in [0.3, 0.4) is 0 Å². The lowest BCUT2D eigenvalue weighted by Crippen LogP contribution is -2.52. The van der Waals surface area contributed by atoms with E-state index >= 15 is 0 Å². The molecule has 0 heterocycles. The van der Waals surface area contributed by atoms with E-state index in [0.717, 1.165) is 19.3 Å². The lowest BCUT2D eigenvalue weighted by atomic mass is 9.81. The maximum atomic E-state index is 12.3. The van der Waals surface area contributed by atoms with Crippen molar-refractivity contribution in [3.05, 3.63) is 35.9 Å². The van der Waals surface area contributed by atoms with E-state index in [1.54, 1.807) is 28.1 Å². The Morgan fingerprint density at radius 3 is 1.82 bits per heavy atom. The molecule has 6 atom stereocenters. The highest BCUT2D eigenvalue weighted by Gasteiger charge is 2.48. The molecule has 0 aliphatic heterocycles. The fourth-order valence-corrected chi connectivity index (χ4v) is 12.7. The molecule has 0 unspecified atom stereocenters. The van der Waals surface area contributed by atoms with Crippen LogP contribution in [0.2, 0.25) is 16.6 Å². The summed E-state index contributed by atoms with van der Waals surface area (Å²) in [5.74, 6) is -0.129. The Balaban J connectivity index is 3.15. The lowest BCUT2D eigenvalue weighted by Gasteiger charge is -2.47. The first kappa shape index (κ1) is 40.7. The van der Waals surface area contributed by atoms with Gasteiger partial charge in [0.15, 0.2) is 0 Å². The van der Waals surface area contributed by atoms with Crippen molar-refractivity contribution in [2.24, 2.45) is 17.3 Å². The fraction of sp³-hybridized carbons (Fsp3) is 0.806. The molecule has 0 radical (unpaired) electrons. The molecule has 1 aromatic rings. The molecule has 0 aromatic heterocycles. The van der Waals surface area contributed by atoms with Crippen LogP contribution in [-0.4, -0.2) is 71.7 Å². The Morgan fingerprint density at radius 1 is 0.795 bits per heavy atom. The number of methoxy groups -OCH3 is 3. The second-order valence-electron chi connectivity index (χ2n) is 14.2. The predicted octanol–water partition coefficient (Wildman–Crippen LogP) is 8.19. The minimum Gasteiger partial charge on any atom is -0.469 e. The Labute approximate surface area is 270 Å². The molecule has 0 spiro atoms. The topological polar surface area (TPSA) is 83.5 Å². The van der Waals surface area contributed by atoms with Gasteiger partial charge in [-0.1, -0.05) is 85.7 Å². The van der Waals surface area contributed by atoms with Gasteiger partial charge in [-0.15, -0.1) is 0 Å². The van der Waals surface area contributed by atoms with Gasteiger partial charge in [0.05, 0.1) is 43.5 Å². The molecule has 0 bridgehead atoms. The number of carbonyl (C=O) groups excluding carboxylic acids is 1. The van der Waals surface area contributed by atoms with Crippen molar-refractivity contribution in [1.82, 2.24) is 0 Å². The number of carbonyl (C=O) groups is 1. The van der Waals surface area contributed by atoms with Crippen LogP contribution in [0, 0.1) is 17.3 Å². The van der Waals surface area contributed by atoms with Gasteiger partial charge in [-0.2, -0.15) is 0 Å². The van der Waals surface area contributed by atoms with E-state index in [2.05, 4.69) is 67.5 Å². The average Bonchev–Trinajstić information content (AvgIpc) is 2.98. The van der Waals surface area contributed by atoms with Crippen molar-refractivity contribution in [2.75, 3.05) is 27.9 Å². The number of esters is 1. The van der Waals surface area contributed by atoms with Gasteiger partial charge in [0, 0.05) is 33.2 Å². The Hall–Kier alpha value is -1.29. The number of rotatable bonds is 22. The zero-order chi connectivity index (χ0) is 33.7. The minimum absolute atomic E-state index is 0.00401. The van der Waals surface area contributed by atoms with Gasteiger partial charge < -0.3 is 28.5 Å². The van der Waals surface area contributed by atoms with Crippen molar-refractivity contribution in [3.63, 3.8) is 0 Å². The summed E-state index contributed by atoms with van der Waals surface area (Å²) in [6.45, 7) is 23.0. The van der Waals surface area contributed by atoms with Gasteiger partial charge in [-0.3, -0.25) is 4.79 Å². The van der Waals surface area contributed by atoms with E-state index in [1.807, 2.05) is 18.2 Å². The largest absolute Gasteiger partial charge is 0.469 e. The predicted molar refractivity (Wildman–Crippen MR) is 182 cm³/mol. The van der Waals surface area contributed by atoms with Crippen LogP contribution in [-0.2, 0) is 34.8 Å². The Kier molecular flexibility index (Phi) is 17.9. The lowest BCUT2D eigenvalue weighted by molar-refractivity contribution is -0.159. The van der Waals surface area contributed by atoms with E-state index < -0.39 is 25.8 Å². The average molecular weight is 639 g/mol. The van der Waals surface area contributed by atoms with Gasteiger partial charge in [0.2, 0.25) is 8.32 Å². The van der Waals surface area contributed by atoms with Crippen molar-refractivity contribution >= 4 is 14.3 Å². The van der Waals surface area contributed by atoms with Crippen LogP contribution >= 0.6 is 0 Å². The van der Waals surface area contributed by atoms with E-state index in [0.29, 0.717) is 36.3 Å². The van der Waals surface area contributed by atoms with Crippen molar-refractivity contribution in [2.45, 2.75) is 143 Å². The van der Waals surface area contributed by atoms with Crippen LogP contribution in [0.15, 0.2) is 30.3 Å². The maximum absolute atomic E-state index is 12.3. The summed E-state index contributed by atoms with van der Waals surface area (Å²) in [5, 5.41) is 11.0. The van der Waals surface area contributed by atoms with Crippen molar-refractivity contribution in [3.8, 4) is 0 Å². The summed E-state index contributed by atoms with van der Waals surface area (Å²) in [7, 11) is 2.65. The van der Waals surface area contributed by atoms with E-state index in [-0.39, 0.29) is 30.1 Å². The zero-order valence-electron chi connectivity index (χ0n) is 30.2. The van der Waals surface area contributed by atoms with Gasteiger partial charge in [-0.05, 0) is 61.2 Å². The number of ether oxygens (including phenoxy) is 4. The van der Waals surface area contributed by atoms with Gasteiger partial charge in [0.1, 0.15) is 0 Å². The molecule has 8 heteroatoms. The van der Waals surface area contributed by atoms with E-state index in [9.17, 15) is 9.90 Å². The third-order valence-electron chi connectivity index (χ3n) is 10.0. The third kappa shape index (κ3) is 11.2. The first-order chi connectivity index (χ1) is 20.6. The standard InChI is InChI=1S/C36H66O7Si/c1-25(2)44(26(3)4,27(5)6)43-32(29(8)31(39-11)21-22-42-24-30-17-15-14-16-18-30)20-19-28(7)33(40-12)23-34(37)36(9,10)35(38)41-13/h14-18,25-29,31-34,37H,19-24H2,1-13H3/t28-,29+,31+,32-,33-,34-/m0/s1. The van der Waals surface area contributed by atoms with Gasteiger partial charge >= 0.3 is 5.97 Å². The third-order valence-corrected chi connectivity index (χ3v) is 16.2. The molecular weight excluding hydrogens is 572 g/mol. The SMILES string of the molecule is COC(=O)C(C)(C)[C@@H](O)C[C@H](OC)[C@@H](C)CC[C@H](O[Si](C(C)C)(C(C)C)C(C)C)[C@H](C)[C@@H](CCOCc1ccccc1)OC. The molecule has 0 fully saturated rings.